The van der Waals surface area contributed by atoms with Gasteiger partial charge in [-0.3, -0.25) is 15.0 Å². The summed E-state index contributed by atoms with van der Waals surface area (Å²) in [6.45, 7) is 7.06. The van der Waals surface area contributed by atoms with Crippen LogP contribution in [0.1, 0.15) is 16.8 Å². The standard InChI is InChI=1S/C23H28N6O2/c1-18-22(29(30)31)23(26(2)25-18)24-16-19-8-6-7-9-20(19)17-27-12-14-28(15-13-27)21-10-4-3-5-11-21/h3-11,24H,12-17H2,1-2H3. The number of aromatic nitrogens is 2. The van der Waals surface area contributed by atoms with Gasteiger partial charge in [0.1, 0.15) is 5.69 Å². The zero-order chi connectivity index (χ0) is 21.8. The maximum atomic E-state index is 11.4. The molecule has 0 radical (unpaired) electrons. The van der Waals surface area contributed by atoms with Gasteiger partial charge in [0.2, 0.25) is 5.82 Å². The molecule has 2 heterocycles. The number of nitro groups is 1. The fraction of sp³-hybridized carbons (Fsp3) is 0.348. The van der Waals surface area contributed by atoms with E-state index in [-0.39, 0.29) is 10.6 Å². The number of hydrogen-bond donors (Lipinski definition) is 1. The molecule has 0 spiro atoms. The molecule has 0 atom stereocenters. The molecule has 31 heavy (non-hydrogen) atoms. The number of nitrogens with zero attached hydrogens (tertiary/aromatic N) is 5. The molecule has 1 N–H and O–H groups in total. The first-order valence-corrected chi connectivity index (χ1v) is 10.5. The monoisotopic (exact) mass is 420 g/mol. The lowest BCUT2D eigenvalue weighted by atomic mass is 10.1. The minimum atomic E-state index is -0.372. The Morgan fingerprint density at radius 1 is 1.00 bits per heavy atom. The fourth-order valence-electron chi connectivity index (χ4n) is 4.17. The number of anilines is 2. The van der Waals surface area contributed by atoms with E-state index < -0.39 is 0 Å². The van der Waals surface area contributed by atoms with Gasteiger partial charge < -0.3 is 10.2 Å². The smallest absolute Gasteiger partial charge is 0.333 e. The van der Waals surface area contributed by atoms with Crippen molar-refractivity contribution in [2.75, 3.05) is 36.4 Å². The summed E-state index contributed by atoms with van der Waals surface area (Å²) >= 11 is 0. The van der Waals surface area contributed by atoms with E-state index in [9.17, 15) is 10.1 Å². The molecule has 1 aliphatic rings. The van der Waals surface area contributed by atoms with Gasteiger partial charge in [-0.2, -0.15) is 5.10 Å². The zero-order valence-corrected chi connectivity index (χ0v) is 18.0. The average molecular weight is 421 g/mol. The van der Waals surface area contributed by atoms with Crippen LogP contribution >= 0.6 is 0 Å². The lowest BCUT2D eigenvalue weighted by molar-refractivity contribution is -0.384. The molecule has 162 valence electrons. The lowest BCUT2D eigenvalue weighted by Crippen LogP contribution is -2.46. The van der Waals surface area contributed by atoms with Crippen molar-refractivity contribution >= 4 is 17.2 Å². The molecule has 8 heteroatoms. The van der Waals surface area contributed by atoms with Crippen LogP contribution in [-0.2, 0) is 20.1 Å². The van der Waals surface area contributed by atoms with Crippen molar-refractivity contribution in [2.24, 2.45) is 7.05 Å². The van der Waals surface area contributed by atoms with Gasteiger partial charge in [-0.15, -0.1) is 0 Å². The number of benzene rings is 2. The first-order chi connectivity index (χ1) is 15.0. The molecule has 1 aliphatic heterocycles. The molecule has 0 bridgehead atoms. The van der Waals surface area contributed by atoms with E-state index in [0.29, 0.717) is 18.1 Å². The van der Waals surface area contributed by atoms with Crippen LogP contribution in [-0.4, -0.2) is 45.8 Å². The summed E-state index contributed by atoms with van der Waals surface area (Å²) < 4.78 is 1.54. The van der Waals surface area contributed by atoms with E-state index in [2.05, 4.69) is 62.7 Å². The molecular weight excluding hydrogens is 392 g/mol. The highest BCUT2D eigenvalue weighted by atomic mass is 16.6. The molecule has 2 aromatic carbocycles. The zero-order valence-electron chi connectivity index (χ0n) is 18.0. The Morgan fingerprint density at radius 3 is 2.32 bits per heavy atom. The van der Waals surface area contributed by atoms with Crippen LogP contribution in [0.4, 0.5) is 17.2 Å². The Balaban J connectivity index is 1.40. The maximum Gasteiger partial charge on any atom is 0.333 e. The summed E-state index contributed by atoms with van der Waals surface area (Å²) in [4.78, 5) is 15.9. The topological polar surface area (TPSA) is 79.5 Å². The van der Waals surface area contributed by atoms with Crippen molar-refractivity contribution in [3.05, 3.63) is 81.5 Å². The van der Waals surface area contributed by atoms with E-state index in [1.165, 1.54) is 11.3 Å². The predicted octanol–water partition coefficient (Wildman–Crippen LogP) is 3.57. The summed E-state index contributed by atoms with van der Waals surface area (Å²) in [7, 11) is 1.72. The van der Waals surface area contributed by atoms with Crippen molar-refractivity contribution in [1.29, 1.82) is 0 Å². The van der Waals surface area contributed by atoms with E-state index in [0.717, 1.165) is 38.3 Å². The van der Waals surface area contributed by atoms with Crippen molar-refractivity contribution < 1.29 is 4.92 Å². The van der Waals surface area contributed by atoms with Gasteiger partial charge in [-0.25, -0.2) is 4.68 Å². The Morgan fingerprint density at radius 2 is 1.65 bits per heavy atom. The molecule has 0 unspecified atom stereocenters. The third-order valence-electron chi connectivity index (χ3n) is 5.83. The molecule has 8 nitrogen and oxygen atoms in total. The molecule has 1 saturated heterocycles. The van der Waals surface area contributed by atoms with Crippen molar-refractivity contribution in [3.8, 4) is 0 Å². The highest BCUT2D eigenvalue weighted by Gasteiger charge is 2.24. The van der Waals surface area contributed by atoms with E-state index >= 15 is 0 Å². The SMILES string of the molecule is Cc1nn(C)c(NCc2ccccc2CN2CCN(c3ccccc3)CC2)c1[N+](=O)[O-]. The van der Waals surface area contributed by atoms with E-state index in [4.69, 9.17) is 0 Å². The highest BCUT2D eigenvalue weighted by Crippen LogP contribution is 2.28. The molecule has 0 amide bonds. The average Bonchev–Trinajstić information content (AvgIpc) is 3.07. The van der Waals surface area contributed by atoms with Crippen LogP contribution in [0.25, 0.3) is 0 Å². The van der Waals surface area contributed by atoms with Crippen LogP contribution in [0.3, 0.4) is 0 Å². The molecule has 0 aliphatic carbocycles. The Labute approximate surface area is 182 Å². The van der Waals surface area contributed by atoms with Gasteiger partial charge in [0.15, 0.2) is 0 Å². The highest BCUT2D eigenvalue weighted by molar-refractivity contribution is 5.59. The van der Waals surface area contributed by atoms with E-state index in [1.807, 2.05) is 12.1 Å². The van der Waals surface area contributed by atoms with Gasteiger partial charge in [0, 0.05) is 52.0 Å². The third kappa shape index (κ3) is 4.69. The van der Waals surface area contributed by atoms with Gasteiger partial charge in [0.25, 0.3) is 0 Å². The summed E-state index contributed by atoms with van der Waals surface area (Å²) in [5.74, 6) is 0.439. The van der Waals surface area contributed by atoms with Crippen LogP contribution in [0, 0.1) is 17.0 Å². The quantitative estimate of drug-likeness (QED) is 0.465. The molecule has 4 rings (SSSR count). The number of hydrogen-bond acceptors (Lipinski definition) is 6. The first-order valence-electron chi connectivity index (χ1n) is 10.5. The van der Waals surface area contributed by atoms with Crippen LogP contribution in [0.5, 0.6) is 0 Å². The summed E-state index contributed by atoms with van der Waals surface area (Å²) in [6, 6.07) is 18.8. The second kappa shape index (κ2) is 9.18. The fourth-order valence-corrected chi connectivity index (χ4v) is 4.17. The number of nitrogens with one attached hydrogen (secondary N) is 1. The lowest BCUT2D eigenvalue weighted by Gasteiger charge is -2.36. The minimum Gasteiger partial charge on any atom is -0.369 e. The molecular formula is C23H28N6O2. The normalized spacial score (nSPS) is 14.6. The number of rotatable bonds is 7. The van der Waals surface area contributed by atoms with Gasteiger partial charge in [-0.1, -0.05) is 42.5 Å². The van der Waals surface area contributed by atoms with Crippen LogP contribution in [0.2, 0.25) is 0 Å². The molecule has 0 saturated carbocycles. The second-order valence-corrected chi connectivity index (χ2v) is 7.88. The predicted molar refractivity (Wildman–Crippen MR) is 122 cm³/mol. The largest absolute Gasteiger partial charge is 0.369 e. The first kappa shape index (κ1) is 20.9. The van der Waals surface area contributed by atoms with Crippen molar-refractivity contribution in [1.82, 2.24) is 14.7 Å². The summed E-state index contributed by atoms with van der Waals surface area (Å²) in [6.07, 6.45) is 0. The number of aryl methyl sites for hydroxylation is 2. The van der Waals surface area contributed by atoms with Crippen molar-refractivity contribution in [3.63, 3.8) is 0 Å². The molecule has 3 aromatic rings. The molecule has 1 fully saturated rings. The summed E-state index contributed by atoms with van der Waals surface area (Å²) in [5.41, 5.74) is 4.11. The minimum absolute atomic E-state index is 0.0389. The third-order valence-corrected chi connectivity index (χ3v) is 5.83. The van der Waals surface area contributed by atoms with Crippen LogP contribution in [0.15, 0.2) is 54.6 Å². The maximum absolute atomic E-state index is 11.4. The van der Waals surface area contributed by atoms with E-state index in [1.54, 1.807) is 18.7 Å². The van der Waals surface area contributed by atoms with Gasteiger partial charge >= 0.3 is 5.69 Å². The Bertz CT molecular complexity index is 1040. The van der Waals surface area contributed by atoms with Gasteiger partial charge in [-0.05, 0) is 30.2 Å². The van der Waals surface area contributed by atoms with Crippen LogP contribution < -0.4 is 10.2 Å². The van der Waals surface area contributed by atoms with Gasteiger partial charge in [0.05, 0.1) is 4.92 Å². The Kier molecular flexibility index (Phi) is 6.18. The number of piperazine rings is 1. The van der Waals surface area contributed by atoms with Crippen molar-refractivity contribution in [2.45, 2.75) is 20.0 Å². The summed E-state index contributed by atoms with van der Waals surface area (Å²) in [5, 5.41) is 18.9. The molecule has 1 aromatic heterocycles. The second-order valence-electron chi connectivity index (χ2n) is 7.88. The Hall–Kier alpha value is -3.39. The number of para-hydroxylation sites is 1.